The first-order valence-corrected chi connectivity index (χ1v) is 8.67. The zero-order valence-corrected chi connectivity index (χ0v) is 15.3. The number of aliphatic carboxylic acids is 1. The summed E-state index contributed by atoms with van der Waals surface area (Å²) in [4.78, 5) is 24.2. The molecule has 6 heteroatoms. The molecule has 1 fully saturated rings. The van der Waals surface area contributed by atoms with Crippen LogP contribution in [0.2, 0.25) is 0 Å². The highest BCUT2D eigenvalue weighted by molar-refractivity contribution is 5.95. The Balaban J connectivity index is 2.21. The highest BCUT2D eigenvalue weighted by Crippen LogP contribution is 2.35. The fraction of sp³-hybridized carbons (Fsp3) is 0.579. The van der Waals surface area contributed by atoms with Gasteiger partial charge in [-0.15, -0.1) is 0 Å². The zero-order chi connectivity index (χ0) is 18.6. The van der Waals surface area contributed by atoms with E-state index in [9.17, 15) is 14.7 Å². The fourth-order valence-electron chi connectivity index (χ4n) is 3.37. The van der Waals surface area contributed by atoms with Crippen LogP contribution in [-0.2, 0) is 4.79 Å². The number of carboxylic acid groups (broad SMARTS) is 1. The lowest BCUT2D eigenvalue weighted by molar-refractivity contribution is -0.145. The summed E-state index contributed by atoms with van der Waals surface area (Å²) in [5.41, 5.74) is -0.328. The van der Waals surface area contributed by atoms with E-state index in [1.807, 2.05) is 20.8 Å². The SMILES string of the molecule is COc1cc(C(=O)NC2(C)CCCCC2C(=O)O)ccc1OC(C)C. The van der Waals surface area contributed by atoms with Crippen molar-refractivity contribution in [1.29, 1.82) is 0 Å². The van der Waals surface area contributed by atoms with Crippen LogP contribution >= 0.6 is 0 Å². The number of ether oxygens (including phenoxy) is 2. The predicted molar refractivity (Wildman–Crippen MR) is 94.2 cm³/mol. The third-order valence-corrected chi connectivity index (χ3v) is 4.69. The van der Waals surface area contributed by atoms with Crippen LogP contribution in [0.25, 0.3) is 0 Å². The molecule has 0 aliphatic heterocycles. The first-order valence-electron chi connectivity index (χ1n) is 8.67. The van der Waals surface area contributed by atoms with Gasteiger partial charge in [0.25, 0.3) is 5.91 Å². The van der Waals surface area contributed by atoms with Crippen molar-refractivity contribution in [2.75, 3.05) is 7.11 Å². The van der Waals surface area contributed by atoms with Gasteiger partial charge in [0, 0.05) is 5.56 Å². The van der Waals surface area contributed by atoms with E-state index in [0.29, 0.717) is 29.9 Å². The summed E-state index contributed by atoms with van der Waals surface area (Å²) < 4.78 is 11.0. The fourth-order valence-corrected chi connectivity index (χ4v) is 3.37. The molecule has 0 spiro atoms. The minimum absolute atomic E-state index is 0.00829. The van der Waals surface area contributed by atoms with Crippen molar-refractivity contribution in [2.45, 2.75) is 58.1 Å². The molecule has 2 rings (SSSR count). The summed E-state index contributed by atoms with van der Waals surface area (Å²) >= 11 is 0. The van der Waals surface area contributed by atoms with Crippen molar-refractivity contribution in [2.24, 2.45) is 5.92 Å². The van der Waals surface area contributed by atoms with Crippen molar-refractivity contribution in [3.8, 4) is 11.5 Å². The molecular weight excluding hydrogens is 322 g/mol. The van der Waals surface area contributed by atoms with Gasteiger partial charge in [0.05, 0.1) is 24.7 Å². The summed E-state index contributed by atoms with van der Waals surface area (Å²) in [5, 5.41) is 12.4. The Morgan fingerprint density at radius 2 is 2.00 bits per heavy atom. The number of amides is 1. The average molecular weight is 349 g/mol. The molecule has 0 heterocycles. The second-order valence-corrected chi connectivity index (χ2v) is 7.04. The summed E-state index contributed by atoms with van der Waals surface area (Å²) in [6.45, 7) is 5.64. The third-order valence-electron chi connectivity index (χ3n) is 4.69. The predicted octanol–water partition coefficient (Wildman–Crippen LogP) is 3.25. The van der Waals surface area contributed by atoms with Crippen LogP contribution in [0.1, 0.15) is 56.8 Å². The number of nitrogens with one attached hydrogen (secondary N) is 1. The second-order valence-electron chi connectivity index (χ2n) is 7.04. The Kier molecular flexibility index (Phi) is 5.93. The topological polar surface area (TPSA) is 84.9 Å². The van der Waals surface area contributed by atoms with E-state index < -0.39 is 17.4 Å². The van der Waals surface area contributed by atoms with Crippen molar-refractivity contribution in [3.05, 3.63) is 23.8 Å². The molecule has 138 valence electrons. The molecule has 25 heavy (non-hydrogen) atoms. The van der Waals surface area contributed by atoms with E-state index >= 15 is 0 Å². The Morgan fingerprint density at radius 3 is 2.60 bits per heavy atom. The molecule has 2 atom stereocenters. The smallest absolute Gasteiger partial charge is 0.308 e. The zero-order valence-electron chi connectivity index (χ0n) is 15.3. The largest absolute Gasteiger partial charge is 0.493 e. The molecule has 0 saturated heterocycles. The number of benzene rings is 1. The Morgan fingerprint density at radius 1 is 1.28 bits per heavy atom. The molecule has 1 aliphatic rings. The number of methoxy groups -OCH3 is 1. The summed E-state index contributed by atoms with van der Waals surface area (Å²) in [5.74, 6) is -0.687. The van der Waals surface area contributed by atoms with Crippen LogP contribution in [0.15, 0.2) is 18.2 Å². The third kappa shape index (κ3) is 4.44. The maximum absolute atomic E-state index is 12.7. The second kappa shape index (κ2) is 7.76. The number of rotatable bonds is 6. The van der Waals surface area contributed by atoms with Crippen molar-refractivity contribution < 1.29 is 24.2 Å². The number of hydrogen-bond donors (Lipinski definition) is 2. The maximum Gasteiger partial charge on any atom is 0.308 e. The summed E-state index contributed by atoms with van der Waals surface area (Å²) in [6.07, 6.45) is 3.01. The Hall–Kier alpha value is -2.24. The van der Waals surface area contributed by atoms with E-state index in [0.717, 1.165) is 12.8 Å². The summed E-state index contributed by atoms with van der Waals surface area (Å²) in [6, 6.07) is 4.98. The monoisotopic (exact) mass is 349 g/mol. The lowest BCUT2D eigenvalue weighted by Gasteiger charge is -2.39. The molecule has 1 saturated carbocycles. The van der Waals surface area contributed by atoms with Gasteiger partial charge in [-0.25, -0.2) is 0 Å². The van der Waals surface area contributed by atoms with Crippen molar-refractivity contribution in [1.82, 2.24) is 5.32 Å². The van der Waals surface area contributed by atoms with Gasteiger partial charge < -0.3 is 19.9 Å². The van der Waals surface area contributed by atoms with Gasteiger partial charge in [0.2, 0.25) is 0 Å². The van der Waals surface area contributed by atoms with Crippen LogP contribution in [0, 0.1) is 5.92 Å². The van der Waals surface area contributed by atoms with Crippen LogP contribution in [0.4, 0.5) is 0 Å². The molecular formula is C19H27NO5. The van der Waals surface area contributed by atoms with Gasteiger partial charge in [-0.1, -0.05) is 12.8 Å². The molecule has 2 N–H and O–H groups in total. The molecule has 6 nitrogen and oxygen atoms in total. The average Bonchev–Trinajstić information content (AvgIpc) is 2.54. The molecule has 1 aromatic rings. The van der Waals surface area contributed by atoms with Gasteiger partial charge in [0.1, 0.15) is 0 Å². The van der Waals surface area contributed by atoms with Gasteiger partial charge in [-0.2, -0.15) is 0 Å². The highest BCUT2D eigenvalue weighted by Gasteiger charge is 2.42. The molecule has 0 bridgehead atoms. The first-order chi connectivity index (χ1) is 11.8. The van der Waals surface area contributed by atoms with E-state index in [4.69, 9.17) is 9.47 Å². The molecule has 2 unspecified atom stereocenters. The quantitative estimate of drug-likeness (QED) is 0.823. The van der Waals surface area contributed by atoms with Crippen LogP contribution in [0.5, 0.6) is 11.5 Å². The lowest BCUT2D eigenvalue weighted by Crippen LogP contribution is -2.55. The first kappa shape index (κ1) is 19.1. The standard InChI is InChI=1S/C19H27NO5/c1-12(2)25-15-9-8-13(11-16(15)24-4)17(21)20-19(3)10-6-5-7-14(19)18(22)23/h8-9,11-12,14H,5-7,10H2,1-4H3,(H,20,21)(H,22,23). The van der Waals surface area contributed by atoms with E-state index in [-0.39, 0.29) is 12.0 Å². The van der Waals surface area contributed by atoms with Gasteiger partial charge in [-0.05, 0) is 51.8 Å². The maximum atomic E-state index is 12.7. The molecule has 1 aromatic carbocycles. The van der Waals surface area contributed by atoms with Crippen LogP contribution in [0.3, 0.4) is 0 Å². The molecule has 1 aliphatic carbocycles. The van der Waals surface area contributed by atoms with Crippen LogP contribution < -0.4 is 14.8 Å². The molecule has 0 aromatic heterocycles. The normalized spacial score (nSPS) is 23.2. The summed E-state index contributed by atoms with van der Waals surface area (Å²) in [7, 11) is 1.52. The van der Waals surface area contributed by atoms with E-state index in [1.165, 1.54) is 7.11 Å². The molecule has 0 radical (unpaired) electrons. The van der Waals surface area contributed by atoms with Crippen LogP contribution in [-0.4, -0.2) is 35.7 Å². The Labute approximate surface area is 148 Å². The number of hydrogen-bond acceptors (Lipinski definition) is 4. The van der Waals surface area contributed by atoms with Gasteiger partial charge in [-0.3, -0.25) is 9.59 Å². The lowest BCUT2D eigenvalue weighted by atomic mass is 9.73. The minimum atomic E-state index is -0.860. The minimum Gasteiger partial charge on any atom is -0.493 e. The van der Waals surface area contributed by atoms with Crippen molar-refractivity contribution in [3.63, 3.8) is 0 Å². The highest BCUT2D eigenvalue weighted by atomic mass is 16.5. The Bertz CT molecular complexity index is 643. The molecule has 1 amide bonds. The van der Waals surface area contributed by atoms with E-state index in [1.54, 1.807) is 18.2 Å². The number of carbonyl (C=O) groups excluding carboxylic acids is 1. The number of carbonyl (C=O) groups is 2. The number of carboxylic acids is 1. The van der Waals surface area contributed by atoms with Gasteiger partial charge >= 0.3 is 5.97 Å². The van der Waals surface area contributed by atoms with Gasteiger partial charge in [0.15, 0.2) is 11.5 Å². The van der Waals surface area contributed by atoms with E-state index in [2.05, 4.69) is 5.32 Å². The van der Waals surface area contributed by atoms with Crippen molar-refractivity contribution >= 4 is 11.9 Å².